The summed E-state index contributed by atoms with van der Waals surface area (Å²) in [5, 5.41) is 8.41. The van der Waals surface area contributed by atoms with Crippen molar-refractivity contribution < 1.29 is 14.4 Å². The normalized spacial score (nSPS) is 21.9. The predicted molar refractivity (Wildman–Crippen MR) is 155 cm³/mol. The van der Waals surface area contributed by atoms with E-state index in [0.717, 1.165) is 34.2 Å². The molecule has 1 aliphatic carbocycles. The number of piperidine rings is 1. The molecule has 9 nitrogen and oxygen atoms in total. The van der Waals surface area contributed by atoms with Crippen molar-refractivity contribution in [2.45, 2.75) is 72.1 Å². The molecule has 2 aliphatic rings. The Labute approximate surface area is 239 Å². The van der Waals surface area contributed by atoms with Crippen LogP contribution in [0.4, 0.5) is 0 Å². The van der Waals surface area contributed by atoms with Crippen LogP contribution in [0.1, 0.15) is 67.1 Å². The van der Waals surface area contributed by atoms with Crippen LogP contribution in [0, 0.1) is 19.3 Å². The summed E-state index contributed by atoms with van der Waals surface area (Å²) in [6, 6.07) is 13.0. The number of carbonyl (C=O) groups excluding carboxylic acids is 3. The van der Waals surface area contributed by atoms with Crippen molar-refractivity contribution >= 4 is 28.5 Å². The van der Waals surface area contributed by atoms with Gasteiger partial charge in [0.05, 0.1) is 11.6 Å². The molecular weight excluding hydrogens is 516 g/mol. The van der Waals surface area contributed by atoms with Crippen molar-refractivity contribution in [2.24, 2.45) is 5.41 Å². The third-order valence-electron chi connectivity index (χ3n) is 8.65. The molecule has 1 N–H and O–H groups in total. The third kappa shape index (κ3) is 4.79. The SMILES string of the molecule is CC(=O)c1nn(CC(=O)N2C3C[C@]3(C)C[C@H]2C(=O)N[C@@H](C)c2ccccc2)c2c(C)cc(-c3cnc(C)nc3)cc12. The maximum atomic E-state index is 13.9. The Morgan fingerprint density at radius 3 is 2.44 bits per heavy atom. The second-order valence-corrected chi connectivity index (χ2v) is 11.8. The topological polar surface area (TPSA) is 110 Å². The van der Waals surface area contributed by atoms with E-state index in [0.29, 0.717) is 23.3 Å². The van der Waals surface area contributed by atoms with Crippen molar-refractivity contribution in [2.75, 3.05) is 0 Å². The number of hydrogen-bond acceptors (Lipinski definition) is 6. The molecule has 1 saturated heterocycles. The molecule has 2 fully saturated rings. The van der Waals surface area contributed by atoms with E-state index in [2.05, 4.69) is 27.3 Å². The first-order valence-electron chi connectivity index (χ1n) is 14.0. The van der Waals surface area contributed by atoms with E-state index in [1.807, 2.05) is 63.2 Å². The molecule has 2 aromatic carbocycles. The monoisotopic (exact) mass is 550 g/mol. The lowest BCUT2D eigenvalue weighted by Gasteiger charge is -2.28. The summed E-state index contributed by atoms with van der Waals surface area (Å²) in [5.41, 5.74) is 4.61. The number of carbonyl (C=O) groups is 3. The number of aryl methyl sites for hydroxylation is 2. The number of hydrogen-bond donors (Lipinski definition) is 1. The molecule has 0 bridgehead atoms. The van der Waals surface area contributed by atoms with Gasteiger partial charge >= 0.3 is 0 Å². The summed E-state index contributed by atoms with van der Waals surface area (Å²) >= 11 is 0. The van der Waals surface area contributed by atoms with Gasteiger partial charge in [0.25, 0.3) is 0 Å². The number of likely N-dealkylation sites (tertiary alicyclic amines) is 1. The van der Waals surface area contributed by atoms with Gasteiger partial charge in [-0.25, -0.2) is 9.97 Å². The number of nitrogens with zero attached hydrogens (tertiary/aromatic N) is 5. The second kappa shape index (κ2) is 9.90. The van der Waals surface area contributed by atoms with Crippen LogP contribution in [0.2, 0.25) is 0 Å². The zero-order valence-electron chi connectivity index (χ0n) is 24.0. The lowest BCUT2D eigenvalue weighted by molar-refractivity contribution is -0.140. The molecule has 3 heterocycles. The van der Waals surface area contributed by atoms with Gasteiger partial charge in [-0.05, 0) is 67.9 Å². The Kier molecular flexibility index (Phi) is 6.47. The van der Waals surface area contributed by atoms with Crippen LogP contribution in [0.15, 0.2) is 54.9 Å². The van der Waals surface area contributed by atoms with Gasteiger partial charge in [-0.2, -0.15) is 5.10 Å². The average molecular weight is 551 g/mol. The lowest BCUT2D eigenvalue weighted by atomic mass is 10.0. The standard InChI is InChI=1S/C32H34N6O3/c1-18-11-23(24-15-33-21(4)34-16-24)12-25-29(20(3)39)36-37(30(18)25)17-28(40)38-26(13-32(5)14-27(32)38)31(41)35-19(2)22-9-7-6-8-10-22/h6-12,15-16,19,26-27H,13-14,17H2,1-5H3,(H,35,41)/t19-,26-,27?,32-/m0/s1. The first-order valence-corrected chi connectivity index (χ1v) is 14.0. The van der Waals surface area contributed by atoms with E-state index in [1.54, 1.807) is 22.0 Å². The van der Waals surface area contributed by atoms with Crippen molar-refractivity contribution in [3.8, 4) is 11.1 Å². The molecule has 41 heavy (non-hydrogen) atoms. The Hall–Kier alpha value is -4.40. The maximum absolute atomic E-state index is 13.9. The van der Waals surface area contributed by atoms with Gasteiger partial charge in [-0.1, -0.05) is 37.3 Å². The Morgan fingerprint density at radius 2 is 1.76 bits per heavy atom. The van der Waals surface area contributed by atoms with Gasteiger partial charge in [0.2, 0.25) is 11.8 Å². The van der Waals surface area contributed by atoms with E-state index >= 15 is 0 Å². The van der Waals surface area contributed by atoms with Crippen LogP contribution in [-0.4, -0.2) is 54.3 Å². The molecule has 210 valence electrons. The number of Topliss-reactive ketones (excluding diaryl/α,β-unsaturated/α-hetero) is 1. The zero-order valence-corrected chi connectivity index (χ0v) is 24.0. The molecule has 1 aliphatic heterocycles. The lowest BCUT2D eigenvalue weighted by Crippen LogP contribution is -2.49. The quantitative estimate of drug-likeness (QED) is 0.338. The summed E-state index contributed by atoms with van der Waals surface area (Å²) in [7, 11) is 0. The third-order valence-corrected chi connectivity index (χ3v) is 8.65. The van der Waals surface area contributed by atoms with Crippen LogP contribution >= 0.6 is 0 Å². The van der Waals surface area contributed by atoms with E-state index in [4.69, 9.17) is 0 Å². The minimum absolute atomic E-state index is 0.0288. The summed E-state index contributed by atoms with van der Waals surface area (Å²) in [6.45, 7) is 9.30. The molecule has 0 radical (unpaired) electrons. The number of nitrogens with one attached hydrogen (secondary N) is 1. The van der Waals surface area contributed by atoms with Crippen LogP contribution in [0.3, 0.4) is 0 Å². The minimum Gasteiger partial charge on any atom is -0.348 e. The molecule has 2 amide bonds. The van der Waals surface area contributed by atoms with Crippen molar-refractivity contribution in [1.82, 2.24) is 30.0 Å². The molecule has 4 aromatic rings. The number of fused-ring (bicyclic) bond motifs is 2. The highest BCUT2D eigenvalue weighted by molar-refractivity contribution is 6.07. The Morgan fingerprint density at radius 1 is 1.05 bits per heavy atom. The fourth-order valence-electron chi connectivity index (χ4n) is 6.31. The summed E-state index contributed by atoms with van der Waals surface area (Å²) in [6.07, 6.45) is 5.04. The first-order chi connectivity index (χ1) is 19.6. The van der Waals surface area contributed by atoms with E-state index < -0.39 is 6.04 Å². The van der Waals surface area contributed by atoms with E-state index in [9.17, 15) is 14.4 Å². The number of ketones is 1. The van der Waals surface area contributed by atoms with Crippen molar-refractivity contribution in [1.29, 1.82) is 0 Å². The maximum Gasteiger partial charge on any atom is 0.245 e. The average Bonchev–Trinajstić information content (AvgIpc) is 3.30. The number of aromatic nitrogens is 4. The summed E-state index contributed by atoms with van der Waals surface area (Å²) in [4.78, 5) is 50.4. The first kappa shape index (κ1) is 26.8. The molecule has 0 spiro atoms. The zero-order chi connectivity index (χ0) is 29.1. The smallest absolute Gasteiger partial charge is 0.245 e. The van der Waals surface area contributed by atoms with E-state index in [1.165, 1.54) is 6.92 Å². The summed E-state index contributed by atoms with van der Waals surface area (Å²) < 4.78 is 1.62. The van der Waals surface area contributed by atoms with Gasteiger partial charge in [-0.15, -0.1) is 0 Å². The van der Waals surface area contributed by atoms with Crippen LogP contribution in [0.5, 0.6) is 0 Å². The van der Waals surface area contributed by atoms with Gasteiger partial charge in [0.15, 0.2) is 5.78 Å². The van der Waals surface area contributed by atoms with Gasteiger partial charge in [-0.3, -0.25) is 19.1 Å². The highest BCUT2D eigenvalue weighted by atomic mass is 16.2. The van der Waals surface area contributed by atoms with Gasteiger partial charge in [0, 0.05) is 36.3 Å². The largest absolute Gasteiger partial charge is 0.348 e. The fraction of sp³-hybridized carbons (Fsp3) is 0.375. The Bertz CT molecular complexity index is 1680. The van der Waals surface area contributed by atoms with Crippen molar-refractivity contribution in [3.63, 3.8) is 0 Å². The van der Waals surface area contributed by atoms with Crippen LogP contribution in [-0.2, 0) is 16.1 Å². The molecule has 9 heteroatoms. The highest BCUT2D eigenvalue weighted by Gasteiger charge is 2.64. The molecule has 1 saturated carbocycles. The van der Waals surface area contributed by atoms with Gasteiger partial charge < -0.3 is 10.2 Å². The minimum atomic E-state index is -0.541. The van der Waals surface area contributed by atoms with Crippen molar-refractivity contribution in [3.05, 3.63) is 77.5 Å². The highest BCUT2D eigenvalue weighted by Crippen LogP contribution is 2.59. The van der Waals surface area contributed by atoms with Crippen LogP contribution < -0.4 is 5.32 Å². The predicted octanol–water partition coefficient (Wildman–Crippen LogP) is 4.57. The molecular formula is C32H34N6O3. The van der Waals surface area contributed by atoms with Gasteiger partial charge in [0.1, 0.15) is 24.1 Å². The summed E-state index contributed by atoms with van der Waals surface area (Å²) in [5.74, 6) is 0.191. The molecule has 2 aromatic heterocycles. The van der Waals surface area contributed by atoms with Crippen LogP contribution in [0.25, 0.3) is 22.0 Å². The number of benzene rings is 2. The molecule has 4 atom stereocenters. The Balaban J connectivity index is 1.29. The van der Waals surface area contributed by atoms with E-state index in [-0.39, 0.29) is 41.6 Å². The second-order valence-electron chi connectivity index (χ2n) is 11.8. The fourth-order valence-corrected chi connectivity index (χ4v) is 6.31. The molecule has 6 rings (SSSR count). The number of rotatable bonds is 7. The molecule has 1 unspecified atom stereocenters. The number of amides is 2.